The third kappa shape index (κ3) is 3.56. The van der Waals surface area contributed by atoms with Gasteiger partial charge in [0, 0.05) is 16.6 Å². The molecule has 5 rings (SSSR count). The molecule has 1 N–H and O–H groups in total. The van der Waals surface area contributed by atoms with Crippen molar-refractivity contribution in [1.82, 2.24) is 14.8 Å². The highest BCUT2D eigenvalue weighted by atomic mass is 32.1. The lowest BCUT2D eigenvalue weighted by Gasteiger charge is -2.13. The zero-order valence-corrected chi connectivity index (χ0v) is 18.4. The molecule has 0 atom stereocenters. The van der Waals surface area contributed by atoms with E-state index in [1.165, 1.54) is 4.68 Å². The van der Waals surface area contributed by atoms with Crippen molar-refractivity contribution in [3.05, 3.63) is 88.8 Å². The summed E-state index contributed by atoms with van der Waals surface area (Å²) in [7, 11) is 0. The van der Waals surface area contributed by atoms with Gasteiger partial charge in [0.1, 0.15) is 5.01 Å². The molecule has 0 fully saturated rings. The minimum absolute atomic E-state index is 0.166. The van der Waals surface area contributed by atoms with Crippen LogP contribution in [0.4, 0.5) is 5.69 Å². The molecule has 0 unspecified atom stereocenters. The Morgan fingerprint density at radius 1 is 0.969 bits per heavy atom. The second-order valence-corrected chi connectivity index (χ2v) is 8.79. The third-order valence-corrected chi connectivity index (χ3v) is 6.28. The lowest BCUT2D eigenvalue weighted by Crippen LogP contribution is -2.28. The zero-order valence-electron chi connectivity index (χ0n) is 17.6. The van der Waals surface area contributed by atoms with Crippen molar-refractivity contribution >= 4 is 43.9 Å². The number of hydrogen-bond donors (Lipinski definition) is 1. The van der Waals surface area contributed by atoms with E-state index < -0.39 is 0 Å². The molecule has 32 heavy (non-hydrogen) atoms. The summed E-state index contributed by atoms with van der Waals surface area (Å²) in [5.41, 5.74) is 2.53. The van der Waals surface area contributed by atoms with Gasteiger partial charge in [-0.1, -0.05) is 42.5 Å². The highest BCUT2D eigenvalue weighted by Gasteiger charge is 2.18. The standard InChI is InChI=1S/C25H20N4O2S/c1-15(2)29-25(31)19-11-4-3-10-18(19)22(28-29)23(30)26-17-9-7-8-16(14-17)24-27-20-12-5-6-13-21(20)32-24/h3-15H,1-2H3,(H,26,30). The molecule has 2 heterocycles. The van der Waals surface area contributed by atoms with Crippen molar-refractivity contribution in [2.45, 2.75) is 19.9 Å². The maximum Gasteiger partial charge on any atom is 0.276 e. The minimum Gasteiger partial charge on any atom is -0.321 e. The van der Waals surface area contributed by atoms with Crippen molar-refractivity contribution in [1.29, 1.82) is 0 Å². The summed E-state index contributed by atoms with van der Waals surface area (Å²) >= 11 is 1.61. The van der Waals surface area contributed by atoms with E-state index in [-0.39, 0.29) is 23.2 Å². The highest BCUT2D eigenvalue weighted by molar-refractivity contribution is 7.21. The SMILES string of the molecule is CC(C)n1nc(C(=O)Nc2cccc(-c3nc4ccccc4s3)c2)c2ccccc2c1=O. The molecule has 0 aliphatic heterocycles. The van der Waals surface area contributed by atoms with E-state index in [4.69, 9.17) is 4.98 Å². The van der Waals surface area contributed by atoms with Crippen LogP contribution in [-0.4, -0.2) is 20.7 Å². The first-order valence-corrected chi connectivity index (χ1v) is 11.1. The van der Waals surface area contributed by atoms with E-state index in [1.54, 1.807) is 35.6 Å². The molecule has 0 bridgehead atoms. The number of carbonyl (C=O) groups is 1. The molecule has 0 spiro atoms. The van der Waals surface area contributed by atoms with Gasteiger partial charge in [-0.25, -0.2) is 9.67 Å². The van der Waals surface area contributed by atoms with Crippen LogP contribution in [0, 0.1) is 0 Å². The number of amides is 1. The maximum atomic E-state index is 13.2. The summed E-state index contributed by atoms with van der Waals surface area (Å²) in [5.74, 6) is -0.364. The van der Waals surface area contributed by atoms with Crippen molar-refractivity contribution in [3.8, 4) is 10.6 Å². The normalized spacial score (nSPS) is 11.3. The zero-order chi connectivity index (χ0) is 22.2. The number of thiazole rings is 1. The fraction of sp³-hybridized carbons (Fsp3) is 0.120. The summed E-state index contributed by atoms with van der Waals surface area (Å²) in [5, 5.41) is 9.23. The van der Waals surface area contributed by atoms with Gasteiger partial charge in [0.2, 0.25) is 0 Å². The molecule has 0 saturated heterocycles. The van der Waals surface area contributed by atoms with Crippen LogP contribution in [0.3, 0.4) is 0 Å². The molecule has 0 aliphatic carbocycles. The lowest BCUT2D eigenvalue weighted by atomic mass is 10.1. The molecular formula is C25H20N4O2S. The van der Waals surface area contributed by atoms with Crippen LogP contribution in [0.1, 0.15) is 30.4 Å². The molecular weight excluding hydrogens is 420 g/mol. The van der Waals surface area contributed by atoms with Crippen molar-refractivity contribution < 1.29 is 4.79 Å². The Morgan fingerprint density at radius 2 is 1.72 bits per heavy atom. The highest BCUT2D eigenvalue weighted by Crippen LogP contribution is 2.31. The summed E-state index contributed by atoms with van der Waals surface area (Å²) < 4.78 is 2.47. The minimum atomic E-state index is -0.364. The van der Waals surface area contributed by atoms with Crippen molar-refractivity contribution in [2.75, 3.05) is 5.32 Å². The predicted molar refractivity (Wildman–Crippen MR) is 129 cm³/mol. The van der Waals surface area contributed by atoms with Crippen LogP contribution >= 0.6 is 11.3 Å². The Kier molecular flexibility index (Phi) is 5.03. The van der Waals surface area contributed by atoms with Crippen LogP contribution in [0.15, 0.2) is 77.6 Å². The Balaban J connectivity index is 1.52. The third-order valence-electron chi connectivity index (χ3n) is 5.19. The van der Waals surface area contributed by atoms with Gasteiger partial charge >= 0.3 is 0 Å². The topological polar surface area (TPSA) is 76.9 Å². The number of anilines is 1. The molecule has 0 aliphatic rings. The van der Waals surface area contributed by atoms with Crippen LogP contribution in [-0.2, 0) is 0 Å². The van der Waals surface area contributed by atoms with Gasteiger partial charge in [-0.15, -0.1) is 11.3 Å². The molecule has 0 saturated carbocycles. The van der Waals surface area contributed by atoms with Crippen LogP contribution in [0.5, 0.6) is 0 Å². The number of aromatic nitrogens is 3. The average molecular weight is 441 g/mol. The number of rotatable bonds is 4. The number of fused-ring (bicyclic) bond motifs is 2. The van der Waals surface area contributed by atoms with Gasteiger partial charge in [0.05, 0.1) is 21.6 Å². The Bertz CT molecular complexity index is 1500. The van der Waals surface area contributed by atoms with E-state index in [2.05, 4.69) is 10.4 Å². The van der Waals surface area contributed by atoms with Gasteiger partial charge in [-0.05, 0) is 44.2 Å². The summed E-state index contributed by atoms with van der Waals surface area (Å²) in [6, 6.07) is 22.5. The van der Waals surface area contributed by atoms with Crippen LogP contribution < -0.4 is 10.9 Å². The Labute approximate surface area is 188 Å². The van der Waals surface area contributed by atoms with Gasteiger partial charge in [-0.3, -0.25) is 9.59 Å². The average Bonchev–Trinajstić information content (AvgIpc) is 3.24. The first-order chi connectivity index (χ1) is 15.5. The largest absolute Gasteiger partial charge is 0.321 e. The molecule has 3 aromatic carbocycles. The van der Waals surface area contributed by atoms with Crippen LogP contribution in [0.2, 0.25) is 0 Å². The molecule has 0 radical (unpaired) electrons. The fourth-order valence-electron chi connectivity index (χ4n) is 3.64. The number of benzene rings is 3. The molecule has 7 heteroatoms. The van der Waals surface area contributed by atoms with E-state index in [9.17, 15) is 9.59 Å². The van der Waals surface area contributed by atoms with Gasteiger partial charge in [0.25, 0.3) is 11.5 Å². The summed E-state index contributed by atoms with van der Waals surface area (Å²) in [4.78, 5) is 30.6. The fourth-order valence-corrected chi connectivity index (χ4v) is 4.60. The second-order valence-electron chi connectivity index (χ2n) is 7.76. The monoisotopic (exact) mass is 440 g/mol. The molecule has 5 aromatic rings. The van der Waals surface area contributed by atoms with E-state index in [1.807, 2.05) is 62.4 Å². The van der Waals surface area contributed by atoms with Crippen molar-refractivity contribution in [3.63, 3.8) is 0 Å². The molecule has 2 aromatic heterocycles. The Morgan fingerprint density at radius 3 is 2.50 bits per heavy atom. The second kappa shape index (κ2) is 8.01. The number of nitrogens with zero attached hydrogens (tertiary/aromatic N) is 3. The quantitative estimate of drug-likeness (QED) is 0.400. The maximum absolute atomic E-state index is 13.2. The number of hydrogen-bond acceptors (Lipinski definition) is 5. The van der Waals surface area contributed by atoms with Crippen LogP contribution in [0.25, 0.3) is 31.6 Å². The van der Waals surface area contributed by atoms with Gasteiger partial charge in [0.15, 0.2) is 5.69 Å². The Hall–Kier alpha value is -3.84. The van der Waals surface area contributed by atoms with E-state index in [0.717, 1.165) is 20.8 Å². The first kappa shape index (κ1) is 20.1. The van der Waals surface area contributed by atoms with Gasteiger partial charge in [-0.2, -0.15) is 5.10 Å². The number of nitrogens with one attached hydrogen (secondary N) is 1. The smallest absolute Gasteiger partial charge is 0.276 e. The van der Waals surface area contributed by atoms with E-state index >= 15 is 0 Å². The lowest BCUT2D eigenvalue weighted by molar-refractivity contribution is 0.102. The molecule has 6 nitrogen and oxygen atoms in total. The van der Waals surface area contributed by atoms with E-state index in [0.29, 0.717) is 16.5 Å². The van der Waals surface area contributed by atoms with Crippen molar-refractivity contribution in [2.24, 2.45) is 0 Å². The van der Waals surface area contributed by atoms with Gasteiger partial charge < -0.3 is 5.32 Å². The summed E-state index contributed by atoms with van der Waals surface area (Å²) in [6.07, 6.45) is 0. The summed E-state index contributed by atoms with van der Waals surface area (Å²) in [6.45, 7) is 3.73. The predicted octanol–water partition coefficient (Wildman–Crippen LogP) is 5.51. The molecule has 1 amide bonds. The number of carbonyl (C=O) groups excluding carboxylic acids is 1. The molecule has 158 valence electrons. The number of para-hydroxylation sites is 1. The first-order valence-electron chi connectivity index (χ1n) is 10.3.